The van der Waals surface area contributed by atoms with Crippen molar-refractivity contribution < 1.29 is 18.3 Å². The van der Waals surface area contributed by atoms with Crippen LogP contribution in [0.5, 0.6) is 0 Å². The Kier molecular flexibility index (Phi) is 8.56. The second kappa shape index (κ2) is 12.3. The van der Waals surface area contributed by atoms with Crippen LogP contribution < -0.4 is 16.0 Å². The average Bonchev–Trinajstić information content (AvgIpc) is 3.61. The van der Waals surface area contributed by atoms with Gasteiger partial charge in [0.15, 0.2) is 10.9 Å². The van der Waals surface area contributed by atoms with Gasteiger partial charge in [0, 0.05) is 55.3 Å². The first-order valence-electron chi connectivity index (χ1n) is 15.1. The summed E-state index contributed by atoms with van der Waals surface area (Å²) in [5, 5.41) is 14.4. The molecule has 0 aliphatic carbocycles. The third-order valence-corrected chi connectivity index (χ3v) is 9.65. The Labute approximate surface area is 274 Å². The number of halogens is 3. The van der Waals surface area contributed by atoms with Gasteiger partial charge < -0.3 is 30.5 Å². The molecule has 0 unspecified atom stereocenters. The number of piperazine rings is 1. The minimum Gasteiger partial charge on any atom is -0.444 e. The van der Waals surface area contributed by atoms with Gasteiger partial charge in [-0.25, -0.2) is 23.5 Å². The van der Waals surface area contributed by atoms with E-state index in [0.29, 0.717) is 43.8 Å². The summed E-state index contributed by atoms with van der Waals surface area (Å²) < 4.78 is 37.2. The maximum absolute atomic E-state index is 16.8. The minimum absolute atomic E-state index is 0.00549. The van der Waals surface area contributed by atoms with Gasteiger partial charge in [0.25, 0.3) is 0 Å². The summed E-state index contributed by atoms with van der Waals surface area (Å²) in [6, 6.07) is 6.81. The fourth-order valence-corrected chi connectivity index (χ4v) is 7.26. The lowest BCUT2D eigenvalue weighted by molar-refractivity contribution is 0.0240. The highest BCUT2D eigenvalue weighted by Gasteiger charge is 2.31. The molecule has 1 atom stereocenters. The molecule has 46 heavy (non-hydrogen) atoms. The zero-order valence-electron chi connectivity index (χ0n) is 26.1. The molecular formula is C32H35ClF2N8O2S. The molecule has 3 N–H and O–H groups in total. The van der Waals surface area contributed by atoms with Crippen LogP contribution in [-0.2, 0) is 4.74 Å². The first-order chi connectivity index (χ1) is 21.9. The number of likely N-dealkylation sites (N-methyl/N-ethyl adjacent to an activating group) is 1. The smallest absolute Gasteiger partial charge is 0.410 e. The van der Waals surface area contributed by atoms with Crippen LogP contribution in [0.15, 0.2) is 18.2 Å². The van der Waals surface area contributed by atoms with Crippen LogP contribution >= 0.6 is 22.9 Å². The van der Waals surface area contributed by atoms with E-state index >= 15 is 4.39 Å². The summed E-state index contributed by atoms with van der Waals surface area (Å²) in [6.45, 7) is 8.36. The van der Waals surface area contributed by atoms with Crippen LogP contribution in [0.2, 0.25) is 5.02 Å². The molecule has 2 saturated heterocycles. The van der Waals surface area contributed by atoms with E-state index in [2.05, 4.69) is 33.3 Å². The van der Waals surface area contributed by atoms with Gasteiger partial charge in [0.05, 0.1) is 20.9 Å². The molecule has 2 aliphatic heterocycles. The van der Waals surface area contributed by atoms with E-state index in [9.17, 15) is 14.4 Å². The zero-order valence-corrected chi connectivity index (χ0v) is 27.7. The monoisotopic (exact) mass is 668 g/mol. The number of anilines is 3. The molecule has 6 rings (SSSR count). The van der Waals surface area contributed by atoms with Gasteiger partial charge in [-0.05, 0) is 65.4 Å². The van der Waals surface area contributed by atoms with Gasteiger partial charge in [0.1, 0.15) is 34.4 Å². The van der Waals surface area contributed by atoms with E-state index in [0.717, 1.165) is 30.7 Å². The summed E-state index contributed by atoms with van der Waals surface area (Å²) in [4.78, 5) is 27.6. The number of aromatic nitrogens is 2. The number of fused-ring (bicyclic) bond motifs is 2. The van der Waals surface area contributed by atoms with Crippen molar-refractivity contribution in [2.75, 3.05) is 62.3 Å². The summed E-state index contributed by atoms with van der Waals surface area (Å²) in [6.07, 6.45) is 1.64. The highest BCUT2D eigenvalue weighted by Crippen LogP contribution is 2.44. The Bertz CT molecular complexity index is 1880. The second-order valence-electron chi connectivity index (χ2n) is 12.7. The first-order valence-corrected chi connectivity index (χ1v) is 16.3. The molecule has 2 aromatic carbocycles. The van der Waals surface area contributed by atoms with Crippen LogP contribution in [0.1, 0.15) is 39.2 Å². The Morgan fingerprint density at radius 2 is 1.93 bits per heavy atom. The molecule has 242 valence electrons. The van der Waals surface area contributed by atoms with Crippen LogP contribution in [-0.4, -0.2) is 83.8 Å². The number of nitrogens with zero attached hydrogens (tertiary/aromatic N) is 6. The number of carbonyl (C=O) groups excluding carboxylic acids is 1. The Morgan fingerprint density at radius 1 is 1.20 bits per heavy atom. The number of nitrogens with one attached hydrogen (secondary N) is 1. The molecule has 2 fully saturated rings. The molecule has 4 heterocycles. The maximum Gasteiger partial charge on any atom is 0.410 e. The summed E-state index contributed by atoms with van der Waals surface area (Å²) in [5.41, 5.74) is 6.52. The van der Waals surface area contributed by atoms with Crippen molar-refractivity contribution in [2.24, 2.45) is 0 Å². The number of thiazole rings is 1. The van der Waals surface area contributed by atoms with E-state index < -0.39 is 23.3 Å². The van der Waals surface area contributed by atoms with Gasteiger partial charge in [-0.2, -0.15) is 5.26 Å². The highest BCUT2D eigenvalue weighted by atomic mass is 35.5. The Balaban J connectivity index is 1.48. The number of benzene rings is 2. The fraction of sp³-hybridized carbons (Fsp3) is 0.438. The van der Waals surface area contributed by atoms with Crippen LogP contribution in [0.4, 0.5) is 30.2 Å². The Hall–Kier alpha value is -3.99. The summed E-state index contributed by atoms with van der Waals surface area (Å²) in [7, 11) is 2.05. The molecule has 2 aromatic heterocycles. The van der Waals surface area contributed by atoms with Gasteiger partial charge >= 0.3 is 6.09 Å². The number of nitrogen functional groups attached to an aromatic ring is 1. The van der Waals surface area contributed by atoms with Crippen LogP contribution in [0.3, 0.4) is 0 Å². The van der Waals surface area contributed by atoms with Crippen LogP contribution in [0.25, 0.3) is 32.2 Å². The van der Waals surface area contributed by atoms with Crippen LogP contribution in [0, 0.1) is 23.0 Å². The van der Waals surface area contributed by atoms with Gasteiger partial charge in [-0.3, -0.25) is 0 Å². The van der Waals surface area contributed by atoms with Crippen molar-refractivity contribution in [1.29, 1.82) is 5.26 Å². The number of hydrogen-bond donors (Lipinski definition) is 2. The fourth-order valence-electron chi connectivity index (χ4n) is 6.21. The number of pyridine rings is 1. The number of carbonyl (C=O) groups is 1. The van der Waals surface area contributed by atoms with Gasteiger partial charge in [0.2, 0.25) is 0 Å². The second-order valence-corrected chi connectivity index (χ2v) is 14.1. The predicted octanol–water partition coefficient (Wildman–Crippen LogP) is 6.46. The lowest BCUT2D eigenvalue weighted by atomic mass is 9.98. The molecular weight excluding hydrogens is 634 g/mol. The topological polar surface area (TPSA) is 124 Å². The van der Waals surface area contributed by atoms with Crippen molar-refractivity contribution >= 4 is 66.8 Å². The summed E-state index contributed by atoms with van der Waals surface area (Å²) in [5.74, 6) is -0.978. The minimum atomic E-state index is -0.721. The average molecular weight is 669 g/mol. The zero-order chi connectivity index (χ0) is 32.9. The number of ether oxygens (including phenoxy) is 1. The number of nitrogens with two attached hydrogens (primary N) is 1. The number of rotatable bonds is 5. The number of amides is 1. The van der Waals surface area contributed by atoms with E-state index in [-0.39, 0.29) is 54.4 Å². The molecule has 14 heteroatoms. The predicted molar refractivity (Wildman–Crippen MR) is 179 cm³/mol. The number of likely N-dealkylation sites (tertiary alicyclic amines) is 1. The lowest BCUT2D eigenvalue weighted by Crippen LogP contribution is -2.50. The molecule has 0 radical (unpaired) electrons. The summed E-state index contributed by atoms with van der Waals surface area (Å²) >= 11 is 7.79. The molecule has 2 aliphatic rings. The molecule has 0 bridgehead atoms. The van der Waals surface area contributed by atoms with Crippen molar-refractivity contribution in [3.63, 3.8) is 0 Å². The first kappa shape index (κ1) is 32.0. The molecule has 4 aromatic rings. The van der Waals surface area contributed by atoms with E-state index in [1.807, 2.05) is 25.7 Å². The lowest BCUT2D eigenvalue weighted by Gasteiger charge is -2.37. The third-order valence-electron chi connectivity index (χ3n) is 8.46. The number of hydrogen-bond acceptors (Lipinski definition) is 10. The largest absolute Gasteiger partial charge is 0.444 e. The maximum atomic E-state index is 16.8. The molecule has 10 nitrogen and oxygen atoms in total. The van der Waals surface area contributed by atoms with E-state index in [4.69, 9.17) is 22.1 Å². The Morgan fingerprint density at radius 3 is 2.59 bits per heavy atom. The molecule has 0 spiro atoms. The van der Waals surface area contributed by atoms with E-state index in [1.54, 1.807) is 11.0 Å². The van der Waals surface area contributed by atoms with Crippen molar-refractivity contribution in [1.82, 2.24) is 19.8 Å². The van der Waals surface area contributed by atoms with Gasteiger partial charge in [-0.15, -0.1) is 0 Å². The van der Waals surface area contributed by atoms with Gasteiger partial charge in [-0.1, -0.05) is 22.9 Å². The number of nitriles is 1. The standard InChI is InChI=1S/C32H35ClF2N8O2S/c1-32(2,3)45-31(44)43-12-10-42(11-13-43)27-19-14-21(33)23(18-7-8-22(34)28-26(18)40-30(37)46-28)24(35)25(19)39-29(20(27)15-36)38-16-17-6-5-9-41(17)4/h7-8,14,17H,5-6,9-13,16H2,1-4H3,(H2,37,40)(H,38,39)/t17-/m0/s1. The third kappa shape index (κ3) is 5.97. The normalized spacial score (nSPS) is 17.6. The quantitative estimate of drug-likeness (QED) is 0.247. The van der Waals surface area contributed by atoms with Crippen molar-refractivity contribution in [3.8, 4) is 17.2 Å². The highest BCUT2D eigenvalue weighted by molar-refractivity contribution is 7.22. The SMILES string of the molecule is CN1CCC[C@H]1CNc1nc2c(F)c(-c3ccc(F)c4sc(N)nc34)c(Cl)cc2c(N2CCN(C(=O)OC(C)(C)C)CC2)c1C#N. The molecule has 0 saturated carbocycles. The van der Waals surface area contributed by atoms with E-state index in [1.165, 1.54) is 12.1 Å². The van der Waals surface area contributed by atoms with Crippen molar-refractivity contribution in [2.45, 2.75) is 45.3 Å². The van der Waals surface area contributed by atoms with Crippen molar-refractivity contribution in [3.05, 3.63) is 40.4 Å². The molecule has 1 amide bonds.